The molecule has 0 unspecified atom stereocenters. The molecule has 7 heteroatoms. The number of ether oxygens (including phenoxy) is 1. The minimum atomic E-state index is -0.394. The van der Waals surface area contributed by atoms with Crippen LogP contribution in [0.2, 0.25) is 0 Å². The van der Waals surface area contributed by atoms with Gasteiger partial charge < -0.3 is 19.5 Å². The van der Waals surface area contributed by atoms with Gasteiger partial charge >= 0.3 is 5.97 Å². The van der Waals surface area contributed by atoms with Gasteiger partial charge in [0.05, 0.1) is 17.6 Å². The molecule has 1 fully saturated rings. The smallest absolute Gasteiger partial charge is 0.325 e. The Morgan fingerprint density at radius 2 is 1.96 bits per heavy atom. The second-order valence-corrected chi connectivity index (χ2v) is 6.43. The molecule has 0 saturated carbocycles. The zero-order valence-electron chi connectivity index (χ0n) is 15.4. The Morgan fingerprint density at radius 1 is 1.23 bits per heavy atom. The Bertz CT molecular complexity index is 778. The topological polar surface area (TPSA) is 76.5 Å². The predicted molar refractivity (Wildman–Crippen MR) is 100.0 cm³/mol. The van der Waals surface area contributed by atoms with Crippen molar-refractivity contribution in [2.75, 3.05) is 31.1 Å². The van der Waals surface area contributed by atoms with Crippen molar-refractivity contribution >= 4 is 28.9 Å². The van der Waals surface area contributed by atoms with Crippen LogP contribution in [0.1, 0.15) is 26.7 Å². The third-order valence-electron chi connectivity index (χ3n) is 4.81. The Balaban J connectivity index is 1.60. The van der Waals surface area contributed by atoms with Crippen LogP contribution in [-0.4, -0.2) is 47.7 Å². The molecule has 140 valence electrons. The first-order chi connectivity index (χ1) is 12.6. The standard InChI is InChI=1S/C19H26N4O3/c1-3-23-16-8-6-5-7-15(16)21-19(23)22-11-9-14(10-12-22)18(25)20-13-17(24)26-4-2/h5-8,14H,3-4,9-13H2,1-2H3,(H,20,25). The number of nitrogens with one attached hydrogen (secondary N) is 1. The maximum atomic E-state index is 12.3. The molecule has 0 radical (unpaired) electrons. The highest BCUT2D eigenvalue weighted by Crippen LogP contribution is 2.26. The van der Waals surface area contributed by atoms with Gasteiger partial charge in [0.2, 0.25) is 11.9 Å². The summed E-state index contributed by atoms with van der Waals surface area (Å²) in [6.45, 7) is 6.55. The van der Waals surface area contributed by atoms with Crippen LogP contribution >= 0.6 is 0 Å². The molecule has 0 aliphatic carbocycles. The van der Waals surface area contributed by atoms with Crippen molar-refractivity contribution in [3.8, 4) is 0 Å². The number of carbonyl (C=O) groups is 2. The fourth-order valence-electron chi connectivity index (χ4n) is 3.47. The van der Waals surface area contributed by atoms with Gasteiger partial charge in [-0.3, -0.25) is 9.59 Å². The average Bonchev–Trinajstić information content (AvgIpc) is 3.05. The number of hydrogen-bond acceptors (Lipinski definition) is 5. The molecule has 1 saturated heterocycles. The molecular weight excluding hydrogens is 332 g/mol. The van der Waals surface area contributed by atoms with Gasteiger partial charge in [0.15, 0.2) is 0 Å². The minimum absolute atomic E-state index is 0.0570. The van der Waals surface area contributed by atoms with E-state index in [0.717, 1.165) is 49.5 Å². The Labute approximate surface area is 153 Å². The van der Waals surface area contributed by atoms with Gasteiger partial charge in [-0.05, 0) is 38.8 Å². The molecule has 7 nitrogen and oxygen atoms in total. The summed E-state index contributed by atoms with van der Waals surface area (Å²) >= 11 is 0. The highest BCUT2D eigenvalue weighted by molar-refractivity contribution is 5.84. The maximum absolute atomic E-state index is 12.3. The molecule has 0 spiro atoms. The summed E-state index contributed by atoms with van der Waals surface area (Å²) in [7, 11) is 0. The van der Waals surface area contributed by atoms with E-state index in [9.17, 15) is 9.59 Å². The molecule has 1 aromatic carbocycles. The molecular formula is C19H26N4O3. The summed E-state index contributed by atoms with van der Waals surface area (Å²) in [4.78, 5) is 30.7. The molecule has 0 atom stereocenters. The SMILES string of the molecule is CCOC(=O)CNC(=O)C1CCN(c2nc3ccccc3n2CC)CC1. The number of nitrogens with zero attached hydrogens (tertiary/aromatic N) is 3. The van der Waals surface area contributed by atoms with Crippen molar-refractivity contribution in [2.24, 2.45) is 5.92 Å². The molecule has 1 N–H and O–H groups in total. The number of aromatic nitrogens is 2. The fraction of sp³-hybridized carbons (Fsp3) is 0.526. The number of esters is 1. The normalized spacial score (nSPS) is 15.2. The molecule has 3 rings (SSSR count). The quantitative estimate of drug-likeness (QED) is 0.799. The highest BCUT2D eigenvalue weighted by Gasteiger charge is 2.27. The predicted octanol–water partition coefficient (Wildman–Crippen LogP) is 1.95. The number of aryl methyl sites for hydroxylation is 1. The van der Waals surface area contributed by atoms with Crippen molar-refractivity contribution < 1.29 is 14.3 Å². The number of fused-ring (bicyclic) bond motifs is 1. The van der Waals surface area contributed by atoms with Crippen LogP contribution in [0.5, 0.6) is 0 Å². The van der Waals surface area contributed by atoms with E-state index in [1.807, 2.05) is 18.2 Å². The Hall–Kier alpha value is -2.57. The van der Waals surface area contributed by atoms with E-state index in [0.29, 0.717) is 6.61 Å². The van der Waals surface area contributed by atoms with Crippen LogP contribution in [0.4, 0.5) is 5.95 Å². The van der Waals surface area contributed by atoms with Crippen LogP contribution in [0.25, 0.3) is 11.0 Å². The lowest BCUT2D eigenvalue weighted by Gasteiger charge is -2.32. The van der Waals surface area contributed by atoms with Crippen molar-refractivity contribution in [2.45, 2.75) is 33.2 Å². The molecule has 1 amide bonds. The second-order valence-electron chi connectivity index (χ2n) is 6.43. The molecule has 0 bridgehead atoms. The largest absolute Gasteiger partial charge is 0.465 e. The monoisotopic (exact) mass is 358 g/mol. The van der Waals surface area contributed by atoms with E-state index >= 15 is 0 Å². The van der Waals surface area contributed by atoms with Gasteiger partial charge in [0.25, 0.3) is 0 Å². The number of rotatable bonds is 6. The van der Waals surface area contributed by atoms with Gasteiger partial charge in [0.1, 0.15) is 6.54 Å². The number of amides is 1. The molecule has 2 aromatic rings. The van der Waals surface area contributed by atoms with Crippen molar-refractivity contribution in [3.63, 3.8) is 0 Å². The lowest BCUT2D eigenvalue weighted by Crippen LogP contribution is -2.42. The van der Waals surface area contributed by atoms with Crippen LogP contribution in [0, 0.1) is 5.92 Å². The van der Waals surface area contributed by atoms with Crippen LogP contribution in [0.15, 0.2) is 24.3 Å². The van der Waals surface area contributed by atoms with Crippen molar-refractivity contribution in [1.82, 2.24) is 14.9 Å². The summed E-state index contributed by atoms with van der Waals surface area (Å²) < 4.78 is 7.05. The van der Waals surface area contributed by atoms with Gasteiger partial charge in [0, 0.05) is 25.6 Å². The van der Waals surface area contributed by atoms with Gasteiger partial charge in [-0.2, -0.15) is 0 Å². The summed E-state index contributed by atoms with van der Waals surface area (Å²) in [5.41, 5.74) is 2.14. The fourth-order valence-corrected chi connectivity index (χ4v) is 3.47. The lowest BCUT2D eigenvalue weighted by molar-refractivity contribution is -0.143. The summed E-state index contributed by atoms with van der Waals surface area (Å²) in [5, 5.41) is 2.68. The highest BCUT2D eigenvalue weighted by atomic mass is 16.5. The summed E-state index contributed by atoms with van der Waals surface area (Å²) in [6.07, 6.45) is 1.50. The number of hydrogen-bond donors (Lipinski definition) is 1. The van der Waals surface area contributed by atoms with Crippen LogP contribution in [0.3, 0.4) is 0 Å². The second kappa shape index (κ2) is 8.21. The van der Waals surface area contributed by atoms with Gasteiger partial charge in [-0.25, -0.2) is 4.98 Å². The lowest BCUT2D eigenvalue weighted by atomic mass is 9.96. The van der Waals surface area contributed by atoms with E-state index in [1.165, 1.54) is 0 Å². The molecule has 26 heavy (non-hydrogen) atoms. The number of para-hydroxylation sites is 2. The van der Waals surface area contributed by atoms with Crippen LogP contribution < -0.4 is 10.2 Å². The third-order valence-corrected chi connectivity index (χ3v) is 4.81. The zero-order valence-corrected chi connectivity index (χ0v) is 15.4. The van der Waals surface area contributed by atoms with E-state index in [2.05, 4.69) is 27.8 Å². The van der Waals surface area contributed by atoms with Crippen molar-refractivity contribution in [1.29, 1.82) is 0 Å². The first-order valence-corrected chi connectivity index (χ1v) is 9.27. The molecule has 1 aliphatic heterocycles. The number of piperidine rings is 1. The van der Waals surface area contributed by atoms with Crippen LogP contribution in [-0.2, 0) is 20.9 Å². The van der Waals surface area contributed by atoms with E-state index in [-0.39, 0.29) is 18.4 Å². The zero-order chi connectivity index (χ0) is 18.5. The molecule has 1 aliphatic rings. The minimum Gasteiger partial charge on any atom is -0.465 e. The summed E-state index contributed by atoms with van der Waals surface area (Å²) in [5.74, 6) is 0.441. The third kappa shape index (κ3) is 3.81. The molecule has 1 aromatic heterocycles. The van der Waals surface area contributed by atoms with E-state index in [1.54, 1.807) is 6.92 Å². The molecule has 2 heterocycles. The van der Waals surface area contributed by atoms with E-state index in [4.69, 9.17) is 9.72 Å². The van der Waals surface area contributed by atoms with Gasteiger partial charge in [-0.15, -0.1) is 0 Å². The first-order valence-electron chi connectivity index (χ1n) is 9.27. The number of benzene rings is 1. The summed E-state index contributed by atoms with van der Waals surface area (Å²) in [6, 6.07) is 8.14. The number of imidazole rings is 1. The first kappa shape index (κ1) is 18.2. The van der Waals surface area contributed by atoms with Gasteiger partial charge in [-0.1, -0.05) is 12.1 Å². The number of carbonyl (C=O) groups excluding carboxylic acids is 2. The van der Waals surface area contributed by atoms with E-state index < -0.39 is 5.97 Å². The maximum Gasteiger partial charge on any atom is 0.325 e. The Morgan fingerprint density at radius 3 is 2.65 bits per heavy atom. The van der Waals surface area contributed by atoms with Crippen molar-refractivity contribution in [3.05, 3.63) is 24.3 Å². The average molecular weight is 358 g/mol. The number of anilines is 1. The Kier molecular flexibility index (Phi) is 5.75.